The Kier molecular flexibility index (Phi) is 73.7. The van der Waals surface area contributed by atoms with Gasteiger partial charge in [0.15, 0.2) is 12.2 Å². The third-order valence-electron chi connectivity index (χ3n) is 15.4. The maximum atomic E-state index is 13.1. The molecule has 4 atom stereocenters. The molecule has 108 heavy (non-hydrogen) atoms. The molecule has 0 rings (SSSR count). The monoisotopic (exact) mass is 1540 g/mol. The zero-order chi connectivity index (χ0) is 78.9. The normalized spacial score (nSPS) is 15.0. The summed E-state index contributed by atoms with van der Waals surface area (Å²) in [5, 5.41) is 10.6. The van der Waals surface area contributed by atoms with Gasteiger partial charge in [0.05, 0.1) is 26.4 Å². The van der Waals surface area contributed by atoms with Crippen LogP contribution in [0.1, 0.15) is 259 Å². The Labute approximate surface area is 651 Å². The number of phosphoric ester groups is 2. The number of ether oxygens (including phenoxy) is 4. The van der Waals surface area contributed by atoms with Crippen LogP contribution in [-0.2, 0) is 65.4 Å². The van der Waals surface area contributed by atoms with Gasteiger partial charge in [0.2, 0.25) is 0 Å². The van der Waals surface area contributed by atoms with E-state index in [0.717, 1.165) is 167 Å². The van der Waals surface area contributed by atoms with E-state index in [0.29, 0.717) is 38.5 Å². The zero-order valence-corrected chi connectivity index (χ0v) is 68.0. The lowest BCUT2D eigenvalue weighted by molar-refractivity contribution is -0.161. The molecule has 0 saturated heterocycles. The van der Waals surface area contributed by atoms with E-state index in [2.05, 4.69) is 246 Å². The maximum Gasteiger partial charge on any atom is 0.472 e. The number of aliphatic hydroxyl groups is 1. The van der Waals surface area contributed by atoms with E-state index < -0.39 is 97.5 Å². The van der Waals surface area contributed by atoms with Gasteiger partial charge >= 0.3 is 39.5 Å². The van der Waals surface area contributed by atoms with E-state index in [4.69, 9.17) is 37.0 Å². The van der Waals surface area contributed by atoms with Crippen molar-refractivity contribution in [2.45, 2.75) is 277 Å². The minimum Gasteiger partial charge on any atom is -0.462 e. The Hall–Kier alpha value is -6.62. The third kappa shape index (κ3) is 77.5. The fourth-order valence-corrected chi connectivity index (χ4v) is 11.1. The summed E-state index contributed by atoms with van der Waals surface area (Å²) >= 11 is 0. The topological polar surface area (TPSA) is 237 Å². The highest BCUT2D eigenvalue weighted by Gasteiger charge is 2.30. The van der Waals surface area contributed by atoms with Crippen LogP contribution in [0.3, 0.4) is 0 Å². The first-order valence-corrected chi connectivity index (χ1v) is 43.0. The molecule has 0 fully saturated rings. The highest BCUT2D eigenvalue weighted by Crippen LogP contribution is 2.45. The Morgan fingerprint density at radius 1 is 0.259 bits per heavy atom. The van der Waals surface area contributed by atoms with Crippen LogP contribution in [0.5, 0.6) is 0 Å². The summed E-state index contributed by atoms with van der Waals surface area (Å²) in [6, 6.07) is 0. The third-order valence-corrected chi connectivity index (χ3v) is 17.3. The van der Waals surface area contributed by atoms with Gasteiger partial charge in [0.1, 0.15) is 19.3 Å². The SMILES string of the molecule is CC/C=C\C/C=C\C/C=C\C/C=C\C/C=C\CCCCCC(=O)OCC(COP(=O)(O)OCC(O)COP(=O)(O)OCC(COC(=O)CCCCC/C=C\C/C=C\C/C=C\C/C=C\C/C=C\CC)OC(=O)CCCC/C=C\C/C=C\C/C=C\C/C=C\CC)OC(=O)CCCC/C=C\C/C=C\C/C=C\C/C=C\CC. The van der Waals surface area contributed by atoms with Crippen LogP contribution in [0.2, 0.25) is 0 Å². The van der Waals surface area contributed by atoms with Gasteiger partial charge in [-0.15, -0.1) is 0 Å². The number of aliphatic hydroxyl groups excluding tert-OH is 1. The number of hydrogen-bond acceptors (Lipinski definition) is 15. The van der Waals surface area contributed by atoms with Crippen molar-refractivity contribution in [3.8, 4) is 0 Å². The van der Waals surface area contributed by atoms with E-state index in [9.17, 15) is 43.2 Å². The lowest BCUT2D eigenvalue weighted by Gasteiger charge is -2.21. The van der Waals surface area contributed by atoms with Crippen molar-refractivity contribution in [2.24, 2.45) is 0 Å². The number of carbonyl (C=O) groups is 4. The minimum atomic E-state index is -5.02. The molecular weight excluding hydrogens is 1400 g/mol. The summed E-state index contributed by atoms with van der Waals surface area (Å²) in [7, 11) is -10.0. The van der Waals surface area contributed by atoms with Crippen LogP contribution >= 0.6 is 15.6 Å². The van der Waals surface area contributed by atoms with Crippen LogP contribution < -0.4 is 0 Å². The summed E-state index contributed by atoms with van der Waals surface area (Å²) in [5.41, 5.74) is 0. The highest BCUT2D eigenvalue weighted by atomic mass is 31.2. The van der Waals surface area contributed by atoms with Gasteiger partial charge in [-0.3, -0.25) is 37.3 Å². The summed E-state index contributed by atoms with van der Waals surface area (Å²) in [6.45, 7) is 4.20. The van der Waals surface area contributed by atoms with Crippen molar-refractivity contribution < 1.29 is 80.2 Å². The van der Waals surface area contributed by atoms with Crippen LogP contribution in [0.25, 0.3) is 0 Å². The van der Waals surface area contributed by atoms with Gasteiger partial charge in [-0.05, 0) is 193 Å². The second-order valence-electron chi connectivity index (χ2n) is 25.5. The number of hydrogen-bond donors (Lipinski definition) is 3. The number of phosphoric acid groups is 2. The number of esters is 4. The van der Waals surface area contributed by atoms with Crippen LogP contribution in [0.15, 0.2) is 219 Å². The Balaban J connectivity index is 5.53. The number of unbranched alkanes of at least 4 members (excludes halogenated alkanes) is 10. The summed E-state index contributed by atoms with van der Waals surface area (Å²) in [5.74, 6) is -2.38. The van der Waals surface area contributed by atoms with E-state index >= 15 is 0 Å². The first kappa shape index (κ1) is 101. The van der Waals surface area contributed by atoms with E-state index in [1.165, 1.54) is 0 Å². The second-order valence-corrected chi connectivity index (χ2v) is 28.4. The summed E-state index contributed by atoms with van der Waals surface area (Å²) in [6.07, 6.45) is 99.3. The molecule has 0 heterocycles. The Morgan fingerprint density at radius 3 is 0.694 bits per heavy atom. The van der Waals surface area contributed by atoms with Gasteiger partial charge in [-0.1, -0.05) is 259 Å². The molecule has 17 nitrogen and oxygen atoms in total. The fourth-order valence-electron chi connectivity index (χ4n) is 9.49. The molecule has 0 aromatic carbocycles. The average Bonchev–Trinajstić information content (AvgIpc) is 0.923. The Bertz CT molecular complexity index is 2720. The maximum absolute atomic E-state index is 13.1. The van der Waals surface area contributed by atoms with Crippen molar-refractivity contribution in [3.05, 3.63) is 219 Å². The molecular formula is C89H138O17P2. The van der Waals surface area contributed by atoms with Gasteiger partial charge in [0.25, 0.3) is 0 Å². The second kappa shape index (κ2) is 78.5. The molecule has 0 bridgehead atoms. The van der Waals surface area contributed by atoms with Gasteiger partial charge in [-0.2, -0.15) is 0 Å². The molecule has 0 spiro atoms. The smallest absolute Gasteiger partial charge is 0.462 e. The summed E-state index contributed by atoms with van der Waals surface area (Å²) in [4.78, 5) is 73.1. The molecule has 606 valence electrons. The van der Waals surface area contributed by atoms with E-state index in [-0.39, 0.29) is 25.7 Å². The van der Waals surface area contributed by atoms with Crippen molar-refractivity contribution >= 4 is 39.5 Å². The Morgan fingerprint density at radius 2 is 0.454 bits per heavy atom. The zero-order valence-electron chi connectivity index (χ0n) is 66.2. The highest BCUT2D eigenvalue weighted by molar-refractivity contribution is 7.47. The molecule has 0 aromatic heterocycles. The standard InChI is InChI=1S/C89H138O17P2/c1-5-9-13-17-21-25-29-33-37-39-41-43-47-49-53-57-61-65-69-73-86(91)99-79-84(105-88(93)75-71-67-63-59-55-51-45-35-31-27-23-19-15-11-7-3)81-103-107(95,96)101-77-83(90)78-102-108(97,98)104-82-85(106-89(94)76-72-68-64-60-56-52-46-36-32-28-24-20-16-12-8-4)80-100-87(92)74-70-66-62-58-54-50-48-44-42-40-38-34-30-26-22-18-14-10-6-2/h9-16,21-28,33-38,41-46,49-50,53-56,59-60,83-85,90H,5-8,17-20,29-32,39-40,47-48,51-52,57-58,61-82H2,1-4H3,(H,95,96)(H,97,98)/b13-9-,14-10-,15-11-,16-12-,25-21-,26-22-,27-23-,28-24-,37-33-,38-34-,43-41-,44-42-,45-35-,46-36-,53-49-,54-50-,59-55-,60-56-. The lowest BCUT2D eigenvalue weighted by atomic mass is 10.1. The molecule has 19 heteroatoms. The first-order valence-electron chi connectivity index (χ1n) is 40.0. The predicted molar refractivity (Wildman–Crippen MR) is 445 cm³/mol. The van der Waals surface area contributed by atoms with E-state index in [1.807, 2.05) is 0 Å². The predicted octanol–water partition coefficient (Wildman–Crippen LogP) is 23.7. The van der Waals surface area contributed by atoms with E-state index in [1.54, 1.807) is 0 Å². The molecule has 4 unspecified atom stereocenters. The average molecular weight is 1540 g/mol. The van der Waals surface area contributed by atoms with Crippen molar-refractivity contribution in [2.75, 3.05) is 39.6 Å². The van der Waals surface area contributed by atoms with Gasteiger partial charge in [0, 0.05) is 25.7 Å². The fraction of sp³-hybridized carbons (Fsp3) is 0.551. The van der Waals surface area contributed by atoms with Gasteiger partial charge < -0.3 is 33.8 Å². The van der Waals surface area contributed by atoms with Gasteiger partial charge in [-0.25, -0.2) is 9.13 Å². The molecule has 0 saturated carbocycles. The number of rotatable bonds is 72. The molecule has 0 amide bonds. The first-order chi connectivity index (χ1) is 52.7. The molecule has 0 aliphatic carbocycles. The summed E-state index contributed by atoms with van der Waals surface area (Å²) < 4.78 is 68.5. The van der Waals surface area contributed by atoms with Crippen molar-refractivity contribution in [3.63, 3.8) is 0 Å². The number of allylic oxidation sites excluding steroid dienone is 36. The van der Waals surface area contributed by atoms with Crippen molar-refractivity contribution in [1.82, 2.24) is 0 Å². The lowest BCUT2D eigenvalue weighted by Crippen LogP contribution is -2.30. The molecule has 3 N–H and O–H groups in total. The molecule has 0 aliphatic heterocycles. The minimum absolute atomic E-state index is 0.0234. The quantitative estimate of drug-likeness (QED) is 0.0169. The van der Waals surface area contributed by atoms with Crippen LogP contribution in [-0.4, -0.2) is 96.7 Å². The van der Waals surface area contributed by atoms with Crippen molar-refractivity contribution in [1.29, 1.82) is 0 Å². The largest absolute Gasteiger partial charge is 0.472 e. The van der Waals surface area contributed by atoms with Crippen LogP contribution in [0.4, 0.5) is 0 Å². The number of carbonyl (C=O) groups excluding carboxylic acids is 4. The molecule has 0 radical (unpaired) electrons. The molecule has 0 aliphatic rings. The van der Waals surface area contributed by atoms with Crippen LogP contribution in [0, 0.1) is 0 Å². The molecule has 0 aromatic rings.